The molecule has 0 radical (unpaired) electrons. The second-order valence-corrected chi connectivity index (χ2v) is 6.35. The molecule has 0 saturated heterocycles. The number of rotatable bonds is 5. The van der Waals surface area contributed by atoms with E-state index >= 15 is 0 Å². The Labute approximate surface area is 168 Å². The minimum Gasteiger partial charge on any atom is -0.456 e. The van der Waals surface area contributed by atoms with Crippen molar-refractivity contribution >= 4 is 11.7 Å². The molecule has 2 aromatic carbocycles. The fourth-order valence-electron chi connectivity index (χ4n) is 2.72. The Balaban J connectivity index is 2.00. The molecule has 0 bridgehead atoms. The zero-order chi connectivity index (χ0) is 21.9. The van der Waals surface area contributed by atoms with Crippen LogP contribution in [0, 0.1) is 5.82 Å². The van der Waals surface area contributed by atoms with Crippen molar-refractivity contribution in [2.24, 2.45) is 0 Å². The summed E-state index contributed by atoms with van der Waals surface area (Å²) in [7, 11) is 0. The van der Waals surface area contributed by atoms with Crippen LogP contribution in [0.3, 0.4) is 0 Å². The molecule has 1 amide bonds. The van der Waals surface area contributed by atoms with E-state index in [4.69, 9.17) is 4.74 Å². The van der Waals surface area contributed by atoms with Gasteiger partial charge in [-0.1, -0.05) is 6.08 Å². The van der Waals surface area contributed by atoms with Gasteiger partial charge in [-0.3, -0.25) is 9.59 Å². The van der Waals surface area contributed by atoms with Crippen molar-refractivity contribution in [3.63, 3.8) is 0 Å². The first-order chi connectivity index (χ1) is 14.2. The highest BCUT2D eigenvalue weighted by Gasteiger charge is 2.32. The molecule has 0 heterocycles. The average Bonchev–Trinajstić information content (AvgIpc) is 2.68. The Morgan fingerprint density at radius 3 is 2.57 bits per heavy atom. The number of halogens is 4. The van der Waals surface area contributed by atoms with E-state index in [1.165, 1.54) is 18.2 Å². The Morgan fingerprint density at radius 1 is 1.13 bits per heavy atom. The van der Waals surface area contributed by atoms with Gasteiger partial charge in [-0.25, -0.2) is 4.39 Å². The zero-order valence-corrected chi connectivity index (χ0v) is 15.3. The van der Waals surface area contributed by atoms with E-state index in [1.54, 1.807) is 0 Å². The summed E-state index contributed by atoms with van der Waals surface area (Å²) in [4.78, 5) is 24.1. The molecular formula is C21H15F4NO4. The number of carbonyl (C=O) groups excluding carboxylic acids is 2. The highest BCUT2D eigenvalue weighted by Crippen LogP contribution is 2.36. The number of aliphatic hydroxyl groups excluding tert-OH is 1. The van der Waals surface area contributed by atoms with Gasteiger partial charge in [0.2, 0.25) is 0 Å². The van der Waals surface area contributed by atoms with Gasteiger partial charge in [-0.05, 0) is 42.5 Å². The lowest BCUT2D eigenvalue weighted by atomic mass is 10.1. The first-order valence-corrected chi connectivity index (χ1v) is 8.68. The maximum absolute atomic E-state index is 13.4. The average molecular weight is 421 g/mol. The van der Waals surface area contributed by atoms with Gasteiger partial charge in [0.25, 0.3) is 5.91 Å². The van der Waals surface area contributed by atoms with Crippen LogP contribution >= 0.6 is 0 Å². The molecule has 9 heteroatoms. The summed E-state index contributed by atoms with van der Waals surface area (Å²) in [6, 6.07) is 5.39. The van der Waals surface area contributed by atoms with E-state index in [0.717, 1.165) is 30.3 Å². The van der Waals surface area contributed by atoms with Crippen molar-refractivity contribution in [3.8, 4) is 11.5 Å². The third-order valence-electron chi connectivity index (χ3n) is 4.16. The third kappa shape index (κ3) is 4.93. The molecule has 0 unspecified atom stereocenters. The normalized spacial score (nSPS) is 13.8. The first kappa shape index (κ1) is 21.3. The highest BCUT2D eigenvalue weighted by molar-refractivity contribution is 6.00. The van der Waals surface area contributed by atoms with Crippen molar-refractivity contribution in [2.45, 2.75) is 19.2 Å². The molecule has 30 heavy (non-hydrogen) atoms. The molecule has 0 aromatic heterocycles. The largest absolute Gasteiger partial charge is 0.456 e. The van der Waals surface area contributed by atoms with Gasteiger partial charge in [0.1, 0.15) is 17.3 Å². The van der Waals surface area contributed by atoms with Crippen LogP contribution in [0.25, 0.3) is 0 Å². The molecule has 1 aliphatic rings. The van der Waals surface area contributed by atoms with E-state index in [2.05, 4.69) is 5.32 Å². The van der Waals surface area contributed by atoms with Gasteiger partial charge in [0, 0.05) is 23.8 Å². The lowest BCUT2D eigenvalue weighted by molar-refractivity contribution is -0.137. The van der Waals surface area contributed by atoms with Crippen molar-refractivity contribution in [2.75, 3.05) is 0 Å². The lowest BCUT2D eigenvalue weighted by Gasteiger charge is -2.16. The molecule has 2 aromatic rings. The van der Waals surface area contributed by atoms with E-state index < -0.39 is 35.8 Å². The van der Waals surface area contributed by atoms with E-state index in [9.17, 15) is 32.3 Å². The summed E-state index contributed by atoms with van der Waals surface area (Å²) in [5.74, 6) is -2.28. The molecule has 0 atom stereocenters. The number of hydrogen-bond donors (Lipinski definition) is 2. The molecule has 0 aliphatic heterocycles. The van der Waals surface area contributed by atoms with Crippen LogP contribution in [0.15, 0.2) is 60.3 Å². The Morgan fingerprint density at radius 2 is 1.90 bits per heavy atom. The topological polar surface area (TPSA) is 75.6 Å². The summed E-state index contributed by atoms with van der Waals surface area (Å²) in [6.07, 6.45) is -0.284. The summed E-state index contributed by atoms with van der Waals surface area (Å²) < 4.78 is 58.3. The third-order valence-corrected chi connectivity index (χ3v) is 4.16. The smallest absolute Gasteiger partial charge is 0.416 e. The van der Waals surface area contributed by atoms with Crippen LogP contribution in [0.1, 0.15) is 27.9 Å². The number of alkyl halides is 3. The summed E-state index contributed by atoms with van der Waals surface area (Å²) in [6.45, 7) is -0.632. The molecule has 0 saturated carbocycles. The zero-order valence-electron chi connectivity index (χ0n) is 15.3. The molecule has 3 rings (SSSR count). The molecule has 156 valence electrons. The molecule has 1 aliphatic carbocycles. The maximum Gasteiger partial charge on any atom is 0.416 e. The highest BCUT2D eigenvalue weighted by atomic mass is 19.4. The summed E-state index contributed by atoms with van der Waals surface area (Å²) >= 11 is 0. The Hall–Kier alpha value is -3.46. The molecule has 0 fully saturated rings. The van der Waals surface area contributed by atoms with Crippen molar-refractivity contribution in [1.82, 2.24) is 5.32 Å². The van der Waals surface area contributed by atoms with E-state index in [1.807, 2.05) is 0 Å². The van der Waals surface area contributed by atoms with Crippen molar-refractivity contribution < 1.29 is 37.0 Å². The number of benzene rings is 2. The maximum atomic E-state index is 13.4. The number of aliphatic hydroxyl groups is 1. The second-order valence-electron chi connectivity index (χ2n) is 6.35. The van der Waals surface area contributed by atoms with Gasteiger partial charge < -0.3 is 15.2 Å². The van der Waals surface area contributed by atoms with Gasteiger partial charge in [-0.15, -0.1) is 0 Å². The number of nitrogens with one attached hydrogen (secondary N) is 1. The van der Waals surface area contributed by atoms with Crippen LogP contribution in [-0.2, 0) is 17.6 Å². The van der Waals surface area contributed by atoms with Gasteiger partial charge in [0.15, 0.2) is 5.78 Å². The van der Waals surface area contributed by atoms with Crippen LogP contribution in [0.5, 0.6) is 11.5 Å². The van der Waals surface area contributed by atoms with Crippen molar-refractivity contribution in [1.29, 1.82) is 0 Å². The van der Waals surface area contributed by atoms with E-state index in [0.29, 0.717) is 6.07 Å². The quantitative estimate of drug-likeness (QED) is 0.707. The number of amides is 1. The van der Waals surface area contributed by atoms with Crippen LogP contribution in [-0.4, -0.2) is 16.8 Å². The first-order valence-electron chi connectivity index (χ1n) is 8.68. The number of ether oxygens (including phenoxy) is 1. The number of ketones is 1. The summed E-state index contributed by atoms with van der Waals surface area (Å²) in [5, 5.41) is 11.8. The number of hydrogen-bond acceptors (Lipinski definition) is 4. The minimum absolute atomic E-state index is 0.0118. The molecular weight excluding hydrogens is 406 g/mol. The lowest BCUT2D eigenvalue weighted by Crippen LogP contribution is -2.24. The van der Waals surface area contributed by atoms with Gasteiger partial charge in [-0.2, -0.15) is 13.2 Å². The fraction of sp³-hybridized carbons (Fsp3) is 0.143. The fourth-order valence-corrected chi connectivity index (χ4v) is 2.72. The predicted octanol–water partition coefficient (Wildman–Crippen LogP) is 4.27. The SMILES string of the molecule is O=C1C=C(NC(=O)c2ccc(C(F)(F)F)cc2Oc2ccc(F)cc2CO)C=CC1. The van der Waals surface area contributed by atoms with Gasteiger partial charge in [0.05, 0.1) is 17.7 Å². The number of carbonyl (C=O) groups is 2. The van der Waals surface area contributed by atoms with Crippen LogP contribution in [0.4, 0.5) is 17.6 Å². The standard InChI is InChI=1S/C21H15F4NO4/c22-14-5-7-18(12(8-14)11-27)30-19-9-13(21(23,24)25)4-6-17(19)20(29)26-15-2-1-3-16(28)10-15/h1-2,4-10,27H,3,11H2,(H,26,29). The molecule has 0 spiro atoms. The van der Waals surface area contributed by atoms with Crippen molar-refractivity contribution in [3.05, 3.63) is 82.8 Å². The summed E-state index contributed by atoms with van der Waals surface area (Å²) in [5.41, 5.74) is -1.14. The predicted molar refractivity (Wildman–Crippen MR) is 98.2 cm³/mol. The van der Waals surface area contributed by atoms with E-state index in [-0.39, 0.29) is 34.8 Å². The second kappa shape index (κ2) is 8.50. The van der Waals surface area contributed by atoms with Crippen LogP contribution in [0.2, 0.25) is 0 Å². The molecule has 5 nitrogen and oxygen atoms in total. The Kier molecular flexibility index (Phi) is 6.02. The van der Waals surface area contributed by atoms with Crippen LogP contribution < -0.4 is 10.1 Å². The number of allylic oxidation sites excluding steroid dienone is 3. The van der Waals surface area contributed by atoms with Gasteiger partial charge >= 0.3 is 6.18 Å². The minimum atomic E-state index is -4.70. The monoisotopic (exact) mass is 421 g/mol. The molecule has 2 N–H and O–H groups in total. The Bertz CT molecular complexity index is 1060.